The van der Waals surface area contributed by atoms with Gasteiger partial charge in [-0.3, -0.25) is 9.59 Å². The molecule has 0 saturated carbocycles. The lowest BCUT2D eigenvalue weighted by Crippen LogP contribution is -2.49. The molecule has 1 aliphatic rings. The minimum atomic E-state index is -0.147. The summed E-state index contributed by atoms with van der Waals surface area (Å²) in [5, 5.41) is 2.97. The van der Waals surface area contributed by atoms with Crippen LogP contribution in [0.1, 0.15) is 37.7 Å². The summed E-state index contributed by atoms with van der Waals surface area (Å²) in [7, 11) is 0. The van der Waals surface area contributed by atoms with E-state index in [-0.39, 0.29) is 17.7 Å². The van der Waals surface area contributed by atoms with Gasteiger partial charge in [-0.2, -0.15) is 0 Å². The Balaban J connectivity index is 1.43. The fourth-order valence-corrected chi connectivity index (χ4v) is 3.85. The summed E-state index contributed by atoms with van der Waals surface area (Å²) in [6.45, 7) is 5.61. The number of benzene rings is 2. The molecule has 5 nitrogen and oxygen atoms in total. The maximum atomic E-state index is 12.6. The number of amides is 2. The van der Waals surface area contributed by atoms with Crippen LogP contribution in [-0.2, 0) is 9.59 Å². The van der Waals surface area contributed by atoms with Gasteiger partial charge in [-0.05, 0) is 24.1 Å². The molecule has 154 valence electrons. The first-order chi connectivity index (χ1) is 14.2. The van der Waals surface area contributed by atoms with Crippen molar-refractivity contribution in [1.29, 1.82) is 0 Å². The molecule has 0 spiro atoms. The van der Waals surface area contributed by atoms with Gasteiger partial charge in [0.25, 0.3) is 0 Å². The molecular formula is C24H31N3O2. The molecule has 1 N–H and O–H groups in total. The van der Waals surface area contributed by atoms with Crippen LogP contribution in [0.5, 0.6) is 0 Å². The highest BCUT2D eigenvalue weighted by Crippen LogP contribution is 2.21. The second kappa shape index (κ2) is 10.6. The van der Waals surface area contributed by atoms with E-state index in [1.165, 1.54) is 5.69 Å². The second-order valence-corrected chi connectivity index (χ2v) is 7.50. The smallest absolute Gasteiger partial charge is 0.227 e. The highest BCUT2D eigenvalue weighted by molar-refractivity contribution is 5.84. The Hall–Kier alpha value is -2.82. The first kappa shape index (κ1) is 20.9. The third-order valence-corrected chi connectivity index (χ3v) is 5.49. The molecule has 3 rings (SSSR count). The number of carbonyl (C=O) groups excluding carboxylic acids is 2. The molecule has 0 aromatic heterocycles. The van der Waals surface area contributed by atoms with Crippen molar-refractivity contribution in [3.63, 3.8) is 0 Å². The second-order valence-electron chi connectivity index (χ2n) is 7.50. The normalized spacial score (nSPS) is 15.1. The predicted molar refractivity (Wildman–Crippen MR) is 117 cm³/mol. The first-order valence-corrected chi connectivity index (χ1v) is 10.6. The number of nitrogens with one attached hydrogen (secondary N) is 1. The summed E-state index contributed by atoms with van der Waals surface area (Å²) in [6.07, 6.45) is 2.10. The van der Waals surface area contributed by atoms with E-state index in [0.717, 1.165) is 44.6 Å². The van der Waals surface area contributed by atoms with E-state index in [2.05, 4.69) is 29.3 Å². The largest absolute Gasteiger partial charge is 0.368 e. The van der Waals surface area contributed by atoms with Crippen LogP contribution in [0.4, 0.5) is 5.69 Å². The first-order valence-electron chi connectivity index (χ1n) is 10.6. The fourth-order valence-electron chi connectivity index (χ4n) is 3.85. The van der Waals surface area contributed by atoms with Gasteiger partial charge in [0.15, 0.2) is 0 Å². The molecule has 0 radical (unpaired) electrons. The quantitative estimate of drug-likeness (QED) is 0.748. The number of anilines is 1. The lowest BCUT2D eigenvalue weighted by molar-refractivity contribution is -0.131. The average Bonchev–Trinajstić information content (AvgIpc) is 2.78. The van der Waals surface area contributed by atoms with Crippen molar-refractivity contribution in [3.8, 4) is 0 Å². The van der Waals surface area contributed by atoms with Gasteiger partial charge in [0.2, 0.25) is 11.8 Å². The van der Waals surface area contributed by atoms with Crippen molar-refractivity contribution < 1.29 is 9.59 Å². The van der Waals surface area contributed by atoms with Crippen LogP contribution in [0.15, 0.2) is 60.7 Å². The Morgan fingerprint density at radius 3 is 2.17 bits per heavy atom. The Bertz CT molecular complexity index is 771. The summed E-state index contributed by atoms with van der Waals surface area (Å²) in [5.74, 6) is -0.0183. The Kier molecular flexibility index (Phi) is 7.68. The zero-order valence-corrected chi connectivity index (χ0v) is 17.2. The van der Waals surface area contributed by atoms with Crippen molar-refractivity contribution in [2.24, 2.45) is 0 Å². The standard InChI is InChI=1S/C24H31N3O2/c1-2-9-22(20-10-5-3-6-11-20)24(29)25-15-14-23(28)27-18-16-26(17-19-27)21-12-7-4-8-13-21/h3-8,10-13,22H,2,9,14-19H2,1H3,(H,25,29). The van der Waals surface area contributed by atoms with E-state index in [9.17, 15) is 9.59 Å². The summed E-state index contributed by atoms with van der Waals surface area (Å²) in [5.41, 5.74) is 2.24. The van der Waals surface area contributed by atoms with Gasteiger partial charge >= 0.3 is 0 Å². The predicted octanol–water partition coefficient (Wildman–Crippen LogP) is 3.43. The van der Waals surface area contributed by atoms with Crippen LogP contribution < -0.4 is 10.2 Å². The number of rotatable bonds is 8. The summed E-state index contributed by atoms with van der Waals surface area (Å²) in [4.78, 5) is 29.4. The van der Waals surface area contributed by atoms with Crippen molar-refractivity contribution in [3.05, 3.63) is 66.2 Å². The topological polar surface area (TPSA) is 52.7 Å². The highest BCUT2D eigenvalue weighted by atomic mass is 16.2. The minimum absolute atomic E-state index is 0.0137. The summed E-state index contributed by atoms with van der Waals surface area (Å²) in [6, 6.07) is 20.2. The lowest BCUT2D eigenvalue weighted by Gasteiger charge is -2.36. The molecule has 1 atom stereocenters. The van der Waals surface area contributed by atoms with Gasteiger partial charge in [-0.15, -0.1) is 0 Å². The van der Waals surface area contributed by atoms with Crippen LogP contribution in [0.3, 0.4) is 0 Å². The maximum absolute atomic E-state index is 12.6. The molecule has 5 heteroatoms. The van der Waals surface area contributed by atoms with Crippen molar-refractivity contribution in [1.82, 2.24) is 10.2 Å². The fraction of sp³-hybridized carbons (Fsp3) is 0.417. The Labute approximate surface area is 173 Å². The molecule has 1 aliphatic heterocycles. The van der Waals surface area contributed by atoms with Crippen LogP contribution in [0, 0.1) is 0 Å². The molecule has 0 bridgehead atoms. The number of carbonyl (C=O) groups is 2. The molecule has 1 heterocycles. The van der Waals surface area contributed by atoms with Crippen LogP contribution in [0.25, 0.3) is 0 Å². The molecule has 2 amide bonds. The van der Waals surface area contributed by atoms with Crippen LogP contribution >= 0.6 is 0 Å². The highest BCUT2D eigenvalue weighted by Gasteiger charge is 2.22. The van der Waals surface area contributed by atoms with E-state index in [4.69, 9.17) is 0 Å². The van der Waals surface area contributed by atoms with Gasteiger partial charge in [0.1, 0.15) is 0 Å². The van der Waals surface area contributed by atoms with E-state index < -0.39 is 0 Å². The van der Waals surface area contributed by atoms with Crippen LogP contribution in [-0.4, -0.2) is 49.4 Å². The zero-order valence-electron chi connectivity index (χ0n) is 17.2. The number of piperazine rings is 1. The number of hydrogen-bond acceptors (Lipinski definition) is 3. The SMILES string of the molecule is CCCC(C(=O)NCCC(=O)N1CCN(c2ccccc2)CC1)c1ccccc1. The lowest BCUT2D eigenvalue weighted by atomic mass is 9.93. The number of para-hydroxylation sites is 1. The van der Waals surface area contributed by atoms with Gasteiger partial charge in [-0.25, -0.2) is 0 Å². The van der Waals surface area contributed by atoms with E-state index in [1.807, 2.05) is 53.4 Å². The van der Waals surface area contributed by atoms with Crippen molar-refractivity contribution in [2.45, 2.75) is 32.1 Å². The Morgan fingerprint density at radius 2 is 1.55 bits per heavy atom. The minimum Gasteiger partial charge on any atom is -0.368 e. The maximum Gasteiger partial charge on any atom is 0.227 e. The van der Waals surface area contributed by atoms with Crippen LogP contribution in [0.2, 0.25) is 0 Å². The van der Waals surface area contributed by atoms with Gasteiger partial charge in [-0.1, -0.05) is 61.9 Å². The van der Waals surface area contributed by atoms with Gasteiger partial charge in [0, 0.05) is 44.8 Å². The van der Waals surface area contributed by atoms with Crippen molar-refractivity contribution in [2.75, 3.05) is 37.6 Å². The summed E-state index contributed by atoms with van der Waals surface area (Å²) >= 11 is 0. The molecule has 1 saturated heterocycles. The molecule has 0 aliphatic carbocycles. The third kappa shape index (κ3) is 5.83. The molecule has 1 unspecified atom stereocenters. The summed E-state index contributed by atoms with van der Waals surface area (Å²) < 4.78 is 0. The Morgan fingerprint density at radius 1 is 0.931 bits per heavy atom. The number of hydrogen-bond donors (Lipinski definition) is 1. The van der Waals surface area contributed by atoms with E-state index >= 15 is 0 Å². The zero-order chi connectivity index (χ0) is 20.5. The monoisotopic (exact) mass is 393 g/mol. The molecular weight excluding hydrogens is 362 g/mol. The average molecular weight is 394 g/mol. The van der Waals surface area contributed by atoms with Gasteiger partial charge < -0.3 is 15.1 Å². The molecule has 29 heavy (non-hydrogen) atoms. The third-order valence-electron chi connectivity index (χ3n) is 5.49. The number of nitrogens with zero attached hydrogens (tertiary/aromatic N) is 2. The molecule has 2 aromatic carbocycles. The van der Waals surface area contributed by atoms with E-state index in [0.29, 0.717) is 13.0 Å². The molecule has 1 fully saturated rings. The van der Waals surface area contributed by atoms with Gasteiger partial charge in [0.05, 0.1) is 5.92 Å². The van der Waals surface area contributed by atoms with Crippen molar-refractivity contribution >= 4 is 17.5 Å². The van der Waals surface area contributed by atoms with E-state index in [1.54, 1.807) is 0 Å². The molecule has 2 aromatic rings.